The number of carbonyl (C=O) groups is 1. The van der Waals surface area contributed by atoms with Crippen molar-refractivity contribution in [2.45, 2.75) is 37.5 Å². The molecule has 0 spiro atoms. The van der Waals surface area contributed by atoms with Gasteiger partial charge in [0.05, 0.1) is 10.6 Å². The first-order chi connectivity index (χ1) is 17.5. The monoisotopic (exact) mass is 508 g/mol. The van der Waals surface area contributed by atoms with Gasteiger partial charge in [-0.25, -0.2) is 4.79 Å². The first kappa shape index (κ1) is 25.5. The Kier molecular flexibility index (Phi) is 8.45. The summed E-state index contributed by atoms with van der Waals surface area (Å²) >= 11 is 1.84. The zero-order valence-electron chi connectivity index (χ0n) is 20.2. The summed E-state index contributed by atoms with van der Waals surface area (Å²) in [5.74, 6) is 1.30. The van der Waals surface area contributed by atoms with Crippen LogP contribution in [0.15, 0.2) is 77.7 Å². The van der Waals surface area contributed by atoms with Crippen LogP contribution in [0, 0.1) is 10.1 Å². The van der Waals surface area contributed by atoms with Gasteiger partial charge in [0.1, 0.15) is 11.5 Å². The van der Waals surface area contributed by atoms with Crippen LogP contribution in [0.25, 0.3) is 0 Å². The lowest BCUT2D eigenvalue weighted by atomic mass is 10.1. The first-order valence-electron chi connectivity index (χ1n) is 11.8. The van der Waals surface area contributed by atoms with Gasteiger partial charge in [-0.05, 0) is 49.7 Å². The molecule has 0 aromatic heterocycles. The van der Waals surface area contributed by atoms with E-state index in [0.29, 0.717) is 12.4 Å². The van der Waals surface area contributed by atoms with E-state index in [4.69, 9.17) is 14.2 Å². The number of thioether (sulfide) groups is 1. The van der Waals surface area contributed by atoms with Gasteiger partial charge in [0.15, 0.2) is 12.3 Å². The van der Waals surface area contributed by atoms with Crippen molar-refractivity contribution in [2.75, 3.05) is 23.8 Å². The van der Waals surface area contributed by atoms with Crippen LogP contribution in [0.5, 0.6) is 11.5 Å². The highest BCUT2D eigenvalue weighted by atomic mass is 32.2. The molecule has 1 aliphatic heterocycles. The molecule has 0 N–H and O–H groups in total. The van der Waals surface area contributed by atoms with Gasteiger partial charge in [0.2, 0.25) is 0 Å². The number of rotatable bonds is 10. The van der Waals surface area contributed by atoms with Crippen molar-refractivity contribution in [3.63, 3.8) is 0 Å². The molecular formula is C27H28N2O6S. The summed E-state index contributed by atoms with van der Waals surface area (Å²) in [4.78, 5) is 26.7. The fourth-order valence-electron chi connectivity index (χ4n) is 4.03. The van der Waals surface area contributed by atoms with Crippen molar-refractivity contribution in [2.24, 2.45) is 0 Å². The molecule has 0 amide bonds. The number of para-hydroxylation sites is 2. The summed E-state index contributed by atoms with van der Waals surface area (Å²) < 4.78 is 17.6. The number of benzene rings is 3. The maximum atomic E-state index is 12.9. The van der Waals surface area contributed by atoms with Gasteiger partial charge in [-0.3, -0.25) is 10.1 Å². The number of fused-ring (bicyclic) bond motifs is 1. The number of nitrogens with zero attached hydrogens (tertiary/aromatic N) is 2. The Balaban J connectivity index is 1.47. The average molecular weight is 509 g/mol. The minimum atomic E-state index is -0.864. The molecule has 1 heterocycles. The quantitative estimate of drug-likeness (QED) is 0.154. The summed E-state index contributed by atoms with van der Waals surface area (Å²) in [6.07, 6.45) is -0.821. The molecular weight excluding hydrogens is 480 g/mol. The van der Waals surface area contributed by atoms with E-state index in [1.165, 1.54) is 29.2 Å². The molecule has 0 saturated heterocycles. The summed E-state index contributed by atoms with van der Waals surface area (Å²) in [5.41, 5.74) is 1.90. The predicted molar refractivity (Wildman–Crippen MR) is 139 cm³/mol. The van der Waals surface area contributed by atoms with Crippen LogP contribution in [0.2, 0.25) is 0 Å². The summed E-state index contributed by atoms with van der Waals surface area (Å²) in [6.45, 7) is 5.02. The van der Waals surface area contributed by atoms with Crippen molar-refractivity contribution in [3.8, 4) is 11.5 Å². The van der Waals surface area contributed by atoms with E-state index in [1.54, 1.807) is 0 Å². The molecule has 0 radical (unpaired) electrons. The number of esters is 1. The van der Waals surface area contributed by atoms with Crippen molar-refractivity contribution in [1.29, 1.82) is 0 Å². The number of nitro benzene ring substituents is 1. The van der Waals surface area contributed by atoms with Crippen molar-refractivity contribution >= 4 is 29.1 Å². The number of hydrogen-bond acceptors (Lipinski definition) is 8. The third kappa shape index (κ3) is 6.16. The lowest BCUT2D eigenvalue weighted by molar-refractivity contribution is -0.384. The number of nitro groups is 1. The van der Waals surface area contributed by atoms with Gasteiger partial charge < -0.3 is 19.1 Å². The van der Waals surface area contributed by atoms with Crippen LogP contribution in [0.4, 0.5) is 11.4 Å². The average Bonchev–Trinajstić information content (AvgIpc) is 2.89. The van der Waals surface area contributed by atoms with E-state index in [-0.39, 0.29) is 24.1 Å². The van der Waals surface area contributed by atoms with Crippen LogP contribution in [-0.2, 0) is 16.0 Å². The SMILES string of the molecule is CCOC(Cc1ccccc1OC(C)N1CCSc2ccccc21)C(=O)Oc1ccc([N+](=O)[O-])cc1. The summed E-state index contributed by atoms with van der Waals surface area (Å²) in [5, 5.41) is 10.9. The molecule has 3 aromatic rings. The summed E-state index contributed by atoms with van der Waals surface area (Å²) in [7, 11) is 0. The highest BCUT2D eigenvalue weighted by molar-refractivity contribution is 7.99. The zero-order chi connectivity index (χ0) is 25.5. The Morgan fingerprint density at radius 1 is 1.08 bits per heavy atom. The smallest absolute Gasteiger partial charge is 0.340 e. The Morgan fingerprint density at radius 2 is 1.81 bits per heavy atom. The lowest BCUT2D eigenvalue weighted by Gasteiger charge is -2.36. The van der Waals surface area contributed by atoms with Gasteiger partial charge in [-0.15, -0.1) is 11.8 Å². The highest BCUT2D eigenvalue weighted by Gasteiger charge is 2.26. The number of anilines is 1. The number of ether oxygens (including phenoxy) is 3. The fourth-order valence-corrected chi connectivity index (χ4v) is 5.05. The normalized spacial score (nSPS) is 14.4. The van der Waals surface area contributed by atoms with Gasteiger partial charge in [0, 0.05) is 42.4 Å². The van der Waals surface area contributed by atoms with Gasteiger partial charge in [-0.2, -0.15) is 0 Å². The van der Waals surface area contributed by atoms with Crippen molar-refractivity contribution in [1.82, 2.24) is 0 Å². The molecule has 0 fully saturated rings. The van der Waals surface area contributed by atoms with E-state index in [2.05, 4.69) is 17.0 Å². The van der Waals surface area contributed by atoms with Crippen molar-refractivity contribution in [3.05, 3.63) is 88.5 Å². The van der Waals surface area contributed by atoms with Crippen LogP contribution in [0.3, 0.4) is 0 Å². The second-order valence-electron chi connectivity index (χ2n) is 8.15. The highest BCUT2D eigenvalue weighted by Crippen LogP contribution is 2.36. The van der Waals surface area contributed by atoms with Crippen LogP contribution < -0.4 is 14.4 Å². The maximum absolute atomic E-state index is 12.9. The minimum absolute atomic E-state index is 0.0775. The molecule has 2 unspecified atom stereocenters. The van der Waals surface area contributed by atoms with Crippen LogP contribution in [0.1, 0.15) is 19.4 Å². The van der Waals surface area contributed by atoms with E-state index >= 15 is 0 Å². The maximum Gasteiger partial charge on any atom is 0.340 e. The Labute approximate surface area is 214 Å². The van der Waals surface area contributed by atoms with E-state index in [1.807, 2.05) is 62.0 Å². The van der Waals surface area contributed by atoms with E-state index in [0.717, 1.165) is 23.5 Å². The Bertz CT molecular complexity index is 1200. The van der Waals surface area contributed by atoms with Gasteiger partial charge in [-0.1, -0.05) is 30.3 Å². The third-order valence-electron chi connectivity index (χ3n) is 5.78. The standard InChI is InChI=1S/C27H28N2O6S/c1-3-33-25(27(30)35-22-14-12-21(13-15-22)29(31)32)18-20-8-4-6-10-24(20)34-19(2)28-16-17-36-26-11-7-5-9-23(26)28/h4-15,19,25H,3,16-18H2,1-2H3. The summed E-state index contributed by atoms with van der Waals surface area (Å²) in [6, 6.07) is 21.3. The molecule has 9 heteroatoms. The Morgan fingerprint density at radius 3 is 2.56 bits per heavy atom. The number of carbonyl (C=O) groups excluding carboxylic acids is 1. The van der Waals surface area contributed by atoms with E-state index in [9.17, 15) is 14.9 Å². The molecule has 3 aromatic carbocycles. The number of non-ortho nitro benzene ring substituents is 1. The number of hydrogen-bond donors (Lipinski definition) is 0. The Hall–Kier alpha value is -3.56. The second kappa shape index (κ2) is 11.9. The molecule has 2 atom stereocenters. The molecule has 4 rings (SSSR count). The topological polar surface area (TPSA) is 91.1 Å². The predicted octanol–water partition coefficient (Wildman–Crippen LogP) is 5.49. The molecule has 0 bridgehead atoms. The fraction of sp³-hybridized carbons (Fsp3) is 0.296. The van der Waals surface area contributed by atoms with Gasteiger partial charge >= 0.3 is 5.97 Å². The first-order valence-corrected chi connectivity index (χ1v) is 12.8. The minimum Gasteiger partial charge on any atom is -0.471 e. The second-order valence-corrected chi connectivity index (χ2v) is 9.29. The molecule has 188 valence electrons. The third-order valence-corrected chi connectivity index (χ3v) is 6.82. The van der Waals surface area contributed by atoms with Crippen LogP contribution >= 0.6 is 11.8 Å². The van der Waals surface area contributed by atoms with E-state index < -0.39 is 17.0 Å². The molecule has 1 aliphatic rings. The van der Waals surface area contributed by atoms with Crippen molar-refractivity contribution < 1.29 is 23.9 Å². The van der Waals surface area contributed by atoms with Crippen LogP contribution in [-0.4, -0.2) is 42.1 Å². The molecule has 36 heavy (non-hydrogen) atoms. The van der Waals surface area contributed by atoms with Gasteiger partial charge in [0.25, 0.3) is 5.69 Å². The molecule has 0 saturated carbocycles. The zero-order valence-corrected chi connectivity index (χ0v) is 21.0. The molecule has 0 aliphatic carbocycles. The lowest BCUT2D eigenvalue weighted by Crippen LogP contribution is -2.41. The molecule has 8 nitrogen and oxygen atoms in total. The largest absolute Gasteiger partial charge is 0.471 e.